The first-order chi connectivity index (χ1) is 16.3. The van der Waals surface area contributed by atoms with Crippen molar-refractivity contribution in [3.05, 3.63) is 0 Å². The molecule has 0 aromatic heterocycles. The monoisotopic (exact) mass is 520 g/mol. The first-order valence-electron chi connectivity index (χ1n) is 10.7. The van der Waals surface area contributed by atoms with Gasteiger partial charge in [0.15, 0.2) is 5.96 Å². The molecular weight excluding hydrogens is 484 g/mol. The number of carboxylic acid groups (broad SMARTS) is 1. The first kappa shape index (κ1) is 31.9. The SMILES string of the molecule is CSCCC(NC(=O)C(CC(N)=O)NC(=O)C(CCCN=C(N)N)NC(=O)C(N)C(C)O)C(=O)O. The Bertz CT molecular complexity index is 776. The third kappa shape index (κ3) is 13.4. The van der Waals surface area contributed by atoms with Gasteiger partial charge in [-0.3, -0.25) is 24.2 Å². The number of hydrogen-bond acceptors (Lipinski definition) is 9. The van der Waals surface area contributed by atoms with E-state index < -0.39 is 66.3 Å². The van der Waals surface area contributed by atoms with Crippen LogP contribution in [0, 0.1) is 0 Å². The lowest BCUT2D eigenvalue weighted by atomic mass is 10.1. The van der Waals surface area contributed by atoms with Crippen molar-refractivity contribution in [1.82, 2.24) is 16.0 Å². The molecule has 0 aliphatic rings. The lowest BCUT2D eigenvalue weighted by Crippen LogP contribution is -2.58. The standard InChI is InChI=1S/C19H36N8O7S/c1-9(28)14(21)17(32)25-10(4-3-6-24-19(22)23)15(30)27-12(8-13(20)29)16(31)26-11(18(33)34)5-7-35-2/h9-12,14,28H,3-8,21H2,1-2H3,(H2,20,29)(H,25,32)(H,26,31)(H,27,30)(H,33,34)(H4,22,23,24). The number of carboxylic acids is 1. The van der Waals surface area contributed by atoms with Crippen LogP contribution in [0.15, 0.2) is 4.99 Å². The summed E-state index contributed by atoms with van der Waals surface area (Å²) in [6.07, 6.45) is 0.305. The van der Waals surface area contributed by atoms with Crippen molar-refractivity contribution in [3.63, 3.8) is 0 Å². The van der Waals surface area contributed by atoms with Crippen LogP contribution >= 0.6 is 11.8 Å². The number of aliphatic carboxylic acids is 1. The van der Waals surface area contributed by atoms with Gasteiger partial charge in [-0.15, -0.1) is 0 Å². The summed E-state index contributed by atoms with van der Waals surface area (Å²) in [5.41, 5.74) is 21.3. The summed E-state index contributed by atoms with van der Waals surface area (Å²) in [7, 11) is 0. The number of aliphatic hydroxyl groups is 1. The fourth-order valence-corrected chi connectivity index (χ4v) is 3.18. The van der Waals surface area contributed by atoms with E-state index in [2.05, 4.69) is 20.9 Å². The van der Waals surface area contributed by atoms with E-state index in [-0.39, 0.29) is 31.8 Å². The van der Waals surface area contributed by atoms with Crippen LogP contribution in [0.25, 0.3) is 0 Å². The molecule has 0 bridgehead atoms. The van der Waals surface area contributed by atoms with E-state index in [1.807, 2.05) is 0 Å². The number of aliphatic hydroxyl groups excluding tert-OH is 1. The second-order valence-electron chi connectivity index (χ2n) is 7.69. The number of rotatable bonds is 17. The van der Waals surface area contributed by atoms with E-state index in [4.69, 9.17) is 22.9 Å². The Kier molecular flexibility index (Phi) is 15.0. The summed E-state index contributed by atoms with van der Waals surface area (Å²) in [6.45, 7) is 1.42. The molecule has 0 radical (unpaired) electrons. The van der Waals surface area contributed by atoms with Crippen molar-refractivity contribution in [2.75, 3.05) is 18.6 Å². The summed E-state index contributed by atoms with van der Waals surface area (Å²) in [5, 5.41) is 25.8. The average molecular weight is 521 g/mol. The van der Waals surface area contributed by atoms with Crippen LogP contribution in [0.3, 0.4) is 0 Å². The molecule has 200 valence electrons. The Morgan fingerprint density at radius 3 is 1.94 bits per heavy atom. The van der Waals surface area contributed by atoms with Crippen molar-refractivity contribution < 1.29 is 34.2 Å². The molecule has 0 aromatic rings. The fraction of sp³-hybridized carbons (Fsp3) is 0.684. The molecule has 4 amide bonds. The minimum atomic E-state index is -1.50. The van der Waals surface area contributed by atoms with Gasteiger partial charge in [0.1, 0.15) is 24.2 Å². The molecule has 0 saturated carbocycles. The maximum atomic E-state index is 12.9. The number of amides is 4. The predicted molar refractivity (Wildman–Crippen MR) is 130 cm³/mol. The van der Waals surface area contributed by atoms with Gasteiger partial charge in [0.2, 0.25) is 23.6 Å². The van der Waals surface area contributed by atoms with E-state index in [0.29, 0.717) is 5.75 Å². The second-order valence-corrected chi connectivity index (χ2v) is 8.67. The largest absolute Gasteiger partial charge is 0.480 e. The number of guanidine groups is 1. The zero-order valence-electron chi connectivity index (χ0n) is 19.7. The highest BCUT2D eigenvalue weighted by atomic mass is 32.2. The summed E-state index contributed by atoms with van der Waals surface area (Å²) in [4.78, 5) is 64.6. The average Bonchev–Trinajstić information content (AvgIpc) is 2.76. The van der Waals surface area contributed by atoms with Gasteiger partial charge in [0.25, 0.3) is 0 Å². The van der Waals surface area contributed by atoms with E-state index in [0.717, 1.165) is 0 Å². The first-order valence-corrected chi connectivity index (χ1v) is 12.1. The van der Waals surface area contributed by atoms with Gasteiger partial charge in [-0.1, -0.05) is 0 Å². The highest BCUT2D eigenvalue weighted by Crippen LogP contribution is 2.05. The number of nitrogens with zero attached hydrogens (tertiary/aromatic N) is 1. The number of primary amides is 1. The third-order valence-corrected chi connectivity index (χ3v) is 5.31. The number of nitrogens with one attached hydrogen (secondary N) is 3. The lowest BCUT2D eigenvalue weighted by Gasteiger charge is -2.25. The summed E-state index contributed by atoms with van der Waals surface area (Å²) in [5.74, 6) is -4.56. The Labute approximate surface area is 207 Å². The normalized spacial score (nSPS) is 15.0. The molecule has 0 spiro atoms. The van der Waals surface area contributed by atoms with Gasteiger partial charge < -0.3 is 49.1 Å². The van der Waals surface area contributed by atoms with E-state index >= 15 is 0 Å². The number of thioether (sulfide) groups is 1. The lowest BCUT2D eigenvalue weighted by molar-refractivity contribution is -0.142. The van der Waals surface area contributed by atoms with E-state index in [9.17, 15) is 34.2 Å². The number of hydrogen-bond donors (Lipinski definition) is 9. The summed E-state index contributed by atoms with van der Waals surface area (Å²) in [6, 6.07) is -5.32. The van der Waals surface area contributed by atoms with Gasteiger partial charge >= 0.3 is 5.97 Å². The van der Waals surface area contributed by atoms with Gasteiger partial charge in [0, 0.05) is 6.54 Å². The molecular formula is C19H36N8O7S. The summed E-state index contributed by atoms with van der Waals surface area (Å²) < 4.78 is 0. The Morgan fingerprint density at radius 2 is 1.46 bits per heavy atom. The smallest absolute Gasteiger partial charge is 0.326 e. The summed E-state index contributed by atoms with van der Waals surface area (Å²) >= 11 is 1.38. The molecule has 0 aliphatic heterocycles. The van der Waals surface area contributed by atoms with Crippen LogP contribution in [0.2, 0.25) is 0 Å². The quantitative estimate of drug-likeness (QED) is 0.0505. The van der Waals surface area contributed by atoms with E-state index in [1.54, 1.807) is 6.26 Å². The van der Waals surface area contributed by atoms with Gasteiger partial charge in [0.05, 0.1) is 12.5 Å². The zero-order chi connectivity index (χ0) is 27.1. The van der Waals surface area contributed by atoms with Crippen LogP contribution in [-0.2, 0) is 24.0 Å². The topological polar surface area (TPSA) is 278 Å². The molecule has 0 rings (SSSR count). The van der Waals surface area contributed by atoms with Crippen LogP contribution in [-0.4, -0.2) is 94.6 Å². The second kappa shape index (κ2) is 16.5. The Hall–Kier alpha value is -3.11. The third-order valence-electron chi connectivity index (χ3n) is 4.66. The van der Waals surface area contributed by atoms with E-state index in [1.165, 1.54) is 18.7 Å². The highest BCUT2D eigenvalue weighted by Gasteiger charge is 2.31. The molecule has 13 N–H and O–H groups in total. The van der Waals surface area contributed by atoms with Gasteiger partial charge in [-0.2, -0.15) is 11.8 Å². The Morgan fingerprint density at radius 1 is 0.914 bits per heavy atom. The molecule has 5 unspecified atom stereocenters. The van der Waals surface area contributed by atoms with Crippen molar-refractivity contribution in [3.8, 4) is 0 Å². The van der Waals surface area contributed by atoms with Crippen molar-refractivity contribution in [1.29, 1.82) is 0 Å². The molecule has 0 saturated heterocycles. The molecule has 15 nitrogen and oxygen atoms in total. The molecule has 0 aromatic carbocycles. The number of nitrogens with two attached hydrogens (primary N) is 4. The van der Waals surface area contributed by atoms with Crippen molar-refractivity contribution >= 4 is 47.3 Å². The fourth-order valence-electron chi connectivity index (χ4n) is 2.71. The van der Waals surface area contributed by atoms with Crippen LogP contribution < -0.4 is 38.9 Å². The maximum Gasteiger partial charge on any atom is 0.326 e. The molecule has 35 heavy (non-hydrogen) atoms. The molecule has 16 heteroatoms. The number of carbonyl (C=O) groups is 5. The zero-order valence-corrected chi connectivity index (χ0v) is 20.5. The van der Waals surface area contributed by atoms with Crippen LogP contribution in [0.4, 0.5) is 0 Å². The molecule has 0 fully saturated rings. The highest BCUT2D eigenvalue weighted by molar-refractivity contribution is 7.98. The Balaban J connectivity index is 5.59. The van der Waals surface area contributed by atoms with Gasteiger partial charge in [-0.25, -0.2) is 4.79 Å². The molecule has 0 aliphatic carbocycles. The van der Waals surface area contributed by atoms with Gasteiger partial charge in [-0.05, 0) is 38.2 Å². The minimum absolute atomic E-state index is 0.0112. The van der Waals surface area contributed by atoms with Crippen molar-refractivity contribution in [2.45, 2.75) is 62.9 Å². The van der Waals surface area contributed by atoms with Crippen LogP contribution in [0.5, 0.6) is 0 Å². The number of aliphatic imine (C=N–C) groups is 1. The van der Waals surface area contributed by atoms with Crippen LogP contribution in [0.1, 0.15) is 32.6 Å². The maximum absolute atomic E-state index is 12.9. The molecule has 5 atom stereocenters. The number of carbonyl (C=O) groups excluding carboxylic acids is 4. The minimum Gasteiger partial charge on any atom is -0.480 e. The molecule has 0 heterocycles. The van der Waals surface area contributed by atoms with Crippen molar-refractivity contribution in [2.24, 2.45) is 27.9 Å². The predicted octanol–water partition coefficient (Wildman–Crippen LogP) is -4.08.